The lowest BCUT2D eigenvalue weighted by Gasteiger charge is -2.32. The fourth-order valence-corrected chi connectivity index (χ4v) is 2.11. The number of nitrogens with one attached hydrogen (secondary N) is 1. The Bertz CT molecular complexity index is 466. The van der Waals surface area contributed by atoms with Crippen LogP contribution in [0.3, 0.4) is 0 Å². The zero-order chi connectivity index (χ0) is 13.8. The van der Waals surface area contributed by atoms with Crippen LogP contribution in [0.4, 0.5) is 5.95 Å². The second kappa shape index (κ2) is 5.64. The van der Waals surface area contributed by atoms with E-state index in [-0.39, 0.29) is 17.5 Å². The molecule has 0 aromatic carbocycles. The summed E-state index contributed by atoms with van der Waals surface area (Å²) in [6.45, 7) is 3.01. The number of nitrogens with zero attached hydrogens (tertiary/aromatic N) is 3. The van der Waals surface area contributed by atoms with Gasteiger partial charge in [-0.25, -0.2) is 14.8 Å². The molecule has 0 unspecified atom stereocenters. The van der Waals surface area contributed by atoms with Gasteiger partial charge in [0.15, 0.2) is 0 Å². The van der Waals surface area contributed by atoms with Crippen molar-refractivity contribution in [1.82, 2.24) is 15.3 Å². The molecule has 1 saturated heterocycles. The first-order valence-corrected chi connectivity index (χ1v) is 6.13. The van der Waals surface area contributed by atoms with Crippen molar-refractivity contribution in [1.29, 1.82) is 0 Å². The monoisotopic (exact) mass is 264 g/mol. The van der Waals surface area contributed by atoms with Crippen molar-refractivity contribution in [3.63, 3.8) is 0 Å². The molecule has 2 heterocycles. The van der Waals surface area contributed by atoms with Crippen molar-refractivity contribution in [2.24, 2.45) is 0 Å². The fraction of sp³-hybridized carbons (Fsp3) is 0.500. The molecule has 7 nitrogen and oxygen atoms in total. The van der Waals surface area contributed by atoms with Gasteiger partial charge in [0.25, 0.3) is 0 Å². The summed E-state index contributed by atoms with van der Waals surface area (Å²) in [7, 11) is 0. The predicted octanol–water partition coefficient (Wildman–Crippen LogP) is 0.280. The van der Waals surface area contributed by atoms with Gasteiger partial charge in [-0.2, -0.15) is 0 Å². The number of aromatic nitrogens is 2. The maximum Gasteiger partial charge on any atom is 0.338 e. The molecule has 2 N–H and O–H groups in total. The van der Waals surface area contributed by atoms with Crippen LogP contribution in [-0.2, 0) is 4.79 Å². The van der Waals surface area contributed by atoms with Crippen molar-refractivity contribution in [3.8, 4) is 0 Å². The third kappa shape index (κ3) is 3.40. The van der Waals surface area contributed by atoms with Crippen molar-refractivity contribution in [2.75, 3.05) is 18.0 Å². The molecule has 1 aromatic heterocycles. The fourth-order valence-electron chi connectivity index (χ4n) is 2.11. The summed E-state index contributed by atoms with van der Waals surface area (Å²) in [5.41, 5.74) is 0.0804. The van der Waals surface area contributed by atoms with Crippen LogP contribution in [0.2, 0.25) is 0 Å². The third-order valence-corrected chi connectivity index (χ3v) is 3.07. The summed E-state index contributed by atoms with van der Waals surface area (Å²) in [4.78, 5) is 31.8. The van der Waals surface area contributed by atoms with E-state index in [0.29, 0.717) is 5.95 Å². The van der Waals surface area contributed by atoms with Gasteiger partial charge in [-0.3, -0.25) is 4.79 Å². The maximum absolute atomic E-state index is 11.0. The summed E-state index contributed by atoms with van der Waals surface area (Å²) < 4.78 is 0. The molecule has 19 heavy (non-hydrogen) atoms. The number of anilines is 1. The molecular formula is C12H16N4O3. The molecule has 102 valence electrons. The second-order valence-corrected chi connectivity index (χ2v) is 4.54. The van der Waals surface area contributed by atoms with Gasteiger partial charge >= 0.3 is 5.97 Å². The smallest absolute Gasteiger partial charge is 0.338 e. The van der Waals surface area contributed by atoms with Crippen LogP contribution in [-0.4, -0.2) is 46.1 Å². The van der Waals surface area contributed by atoms with Crippen LogP contribution in [0.25, 0.3) is 0 Å². The molecule has 1 aromatic rings. The van der Waals surface area contributed by atoms with Gasteiger partial charge in [0, 0.05) is 38.4 Å². The minimum Gasteiger partial charge on any atom is -0.478 e. The lowest BCUT2D eigenvalue weighted by molar-refractivity contribution is -0.119. The first-order valence-electron chi connectivity index (χ1n) is 6.13. The summed E-state index contributed by atoms with van der Waals surface area (Å²) in [5, 5.41) is 11.7. The average Bonchev–Trinajstić information content (AvgIpc) is 2.39. The zero-order valence-corrected chi connectivity index (χ0v) is 10.7. The highest BCUT2D eigenvalue weighted by Crippen LogP contribution is 2.15. The number of aromatic carboxylic acids is 1. The first-order chi connectivity index (χ1) is 9.06. The standard InChI is InChI=1S/C12H16N4O3/c1-8(17)15-10-2-4-16(5-3-10)12-13-6-9(7-14-12)11(18)19/h6-7,10H,2-5H2,1H3,(H,15,17)(H,18,19). The Balaban J connectivity index is 1.94. The summed E-state index contributed by atoms with van der Waals surface area (Å²) >= 11 is 0. The largest absolute Gasteiger partial charge is 0.478 e. The molecule has 0 bridgehead atoms. The van der Waals surface area contributed by atoms with E-state index in [9.17, 15) is 9.59 Å². The van der Waals surface area contributed by atoms with Crippen molar-refractivity contribution >= 4 is 17.8 Å². The van der Waals surface area contributed by atoms with E-state index in [4.69, 9.17) is 5.11 Å². The number of carboxylic acid groups (broad SMARTS) is 1. The van der Waals surface area contributed by atoms with Gasteiger partial charge in [-0.1, -0.05) is 0 Å². The number of amides is 1. The van der Waals surface area contributed by atoms with E-state index in [1.54, 1.807) is 0 Å². The number of rotatable bonds is 3. The lowest BCUT2D eigenvalue weighted by atomic mass is 10.1. The number of hydrogen-bond donors (Lipinski definition) is 2. The number of carbonyl (C=O) groups is 2. The van der Waals surface area contributed by atoms with E-state index in [1.807, 2.05) is 4.90 Å². The first kappa shape index (κ1) is 13.3. The Hall–Kier alpha value is -2.18. The number of carbonyl (C=O) groups excluding carboxylic acids is 1. The van der Waals surface area contributed by atoms with Gasteiger partial charge in [-0.15, -0.1) is 0 Å². The molecule has 0 atom stereocenters. The van der Waals surface area contributed by atoms with Crippen LogP contribution in [0.15, 0.2) is 12.4 Å². The topological polar surface area (TPSA) is 95.4 Å². The molecule has 7 heteroatoms. The molecule has 0 aliphatic carbocycles. The third-order valence-electron chi connectivity index (χ3n) is 3.07. The Morgan fingerprint density at radius 3 is 2.37 bits per heavy atom. The van der Waals surface area contributed by atoms with Crippen molar-refractivity contribution < 1.29 is 14.7 Å². The molecule has 2 rings (SSSR count). The Morgan fingerprint density at radius 1 is 1.32 bits per heavy atom. The highest BCUT2D eigenvalue weighted by molar-refractivity contribution is 5.86. The number of piperidine rings is 1. The minimum atomic E-state index is -1.03. The number of hydrogen-bond acceptors (Lipinski definition) is 5. The van der Waals surface area contributed by atoms with Crippen LogP contribution >= 0.6 is 0 Å². The van der Waals surface area contributed by atoms with E-state index in [1.165, 1.54) is 19.3 Å². The Morgan fingerprint density at radius 2 is 1.89 bits per heavy atom. The highest BCUT2D eigenvalue weighted by Gasteiger charge is 2.21. The van der Waals surface area contributed by atoms with Gasteiger partial charge in [-0.05, 0) is 12.8 Å². The quantitative estimate of drug-likeness (QED) is 0.814. The lowest BCUT2D eigenvalue weighted by Crippen LogP contribution is -2.44. The molecule has 0 radical (unpaired) electrons. The normalized spacial score (nSPS) is 16.2. The van der Waals surface area contributed by atoms with Crippen LogP contribution in [0.1, 0.15) is 30.1 Å². The zero-order valence-electron chi connectivity index (χ0n) is 10.7. The van der Waals surface area contributed by atoms with Gasteiger partial charge in [0.1, 0.15) is 0 Å². The summed E-state index contributed by atoms with van der Waals surface area (Å²) in [6, 6.07) is 0.201. The SMILES string of the molecule is CC(=O)NC1CCN(c2ncc(C(=O)O)cn2)CC1. The van der Waals surface area contributed by atoms with Gasteiger partial charge in [0.2, 0.25) is 11.9 Å². The highest BCUT2D eigenvalue weighted by atomic mass is 16.4. The molecule has 0 spiro atoms. The Labute approximate surface area is 110 Å². The summed E-state index contributed by atoms with van der Waals surface area (Å²) in [5.74, 6) is -0.511. The minimum absolute atomic E-state index is 0.0134. The van der Waals surface area contributed by atoms with E-state index >= 15 is 0 Å². The summed E-state index contributed by atoms with van der Waals surface area (Å²) in [6.07, 6.45) is 4.29. The average molecular weight is 264 g/mol. The van der Waals surface area contributed by atoms with Crippen molar-refractivity contribution in [2.45, 2.75) is 25.8 Å². The van der Waals surface area contributed by atoms with Crippen LogP contribution < -0.4 is 10.2 Å². The van der Waals surface area contributed by atoms with Crippen LogP contribution in [0.5, 0.6) is 0 Å². The van der Waals surface area contributed by atoms with E-state index < -0.39 is 5.97 Å². The van der Waals surface area contributed by atoms with Gasteiger partial charge in [0.05, 0.1) is 5.56 Å². The van der Waals surface area contributed by atoms with Gasteiger partial charge < -0.3 is 15.3 Å². The molecule has 0 saturated carbocycles. The Kier molecular flexibility index (Phi) is 3.94. The van der Waals surface area contributed by atoms with E-state index in [2.05, 4.69) is 15.3 Å². The number of carboxylic acids is 1. The molecular weight excluding hydrogens is 248 g/mol. The molecule has 1 aliphatic heterocycles. The predicted molar refractivity (Wildman–Crippen MR) is 68.0 cm³/mol. The second-order valence-electron chi connectivity index (χ2n) is 4.54. The van der Waals surface area contributed by atoms with E-state index in [0.717, 1.165) is 25.9 Å². The van der Waals surface area contributed by atoms with Crippen molar-refractivity contribution in [3.05, 3.63) is 18.0 Å². The molecule has 1 aliphatic rings. The molecule has 1 amide bonds. The molecule has 1 fully saturated rings. The van der Waals surface area contributed by atoms with Crippen LogP contribution in [0, 0.1) is 0 Å². The maximum atomic E-state index is 11.0.